The largest absolute Gasteiger partial charge is 0.347 e. The first kappa shape index (κ1) is 16.9. The summed E-state index contributed by atoms with van der Waals surface area (Å²) in [5.41, 5.74) is 1.05. The number of aryl methyl sites for hydroxylation is 1. The highest BCUT2D eigenvalue weighted by Gasteiger charge is 2.59. The molecular weight excluding hydrogens is 316 g/mol. The van der Waals surface area contributed by atoms with Gasteiger partial charge in [-0.1, -0.05) is 17.7 Å². The van der Waals surface area contributed by atoms with Crippen molar-refractivity contribution in [3.8, 4) is 0 Å². The fourth-order valence-corrected chi connectivity index (χ4v) is 4.20. The van der Waals surface area contributed by atoms with Gasteiger partial charge in [0.05, 0.1) is 24.7 Å². The van der Waals surface area contributed by atoms with Crippen molar-refractivity contribution in [2.45, 2.75) is 50.2 Å². The molecule has 0 unspecified atom stereocenters. The summed E-state index contributed by atoms with van der Waals surface area (Å²) < 4.78 is 41.0. The molecule has 1 heterocycles. The monoisotopic (exact) mass is 340 g/mol. The first-order valence-electron chi connectivity index (χ1n) is 8.11. The van der Waals surface area contributed by atoms with Gasteiger partial charge in [0.15, 0.2) is 5.79 Å². The molecule has 0 bridgehead atoms. The normalized spacial score (nSPS) is 22.2. The van der Waals surface area contributed by atoms with Crippen molar-refractivity contribution in [2.24, 2.45) is 5.41 Å². The zero-order chi connectivity index (χ0) is 16.6. The van der Waals surface area contributed by atoms with Crippen LogP contribution < -0.4 is 0 Å². The van der Waals surface area contributed by atoms with Gasteiger partial charge in [-0.15, -0.1) is 0 Å². The second-order valence-corrected chi connectivity index (χ2v) is 8.23. The van der Waals surface area contributed by atoms with E-state index in [2.05, 4.69) is 0 Å². The minimum Gasteiger partial charge on any atom is -0.347 e. The fourth-order valence-electron chi connectivity index (χ4n) is 3.25. The lowest BCUT2D eigenvalue weighted by atomic mass is 9.91. The van der Waals surface area contributed by atoms with Crippen LogP contribution in [-0.2, 0) is 23.8 Å². The summed E-state index contributed by atoms with van der Waals surface area (Å²) in [7, 11) is -3.67. The van der Waals surface area contributed by atoms with E-state index in [1.807, 2.05) is 13.8 Å². The van der Waals surface area contributed by atoms with E-state index in [1.165, 1.54) is 0 Å². The van der Waals surface area contributed by atoms with Gasteiger partial charge in [0, 0.05) is 5.41 Å². The topological polar surface area (TPSA) is 61.8 Å². The summed E-state index contributed by atoms with van der Waals surface area (Å²) in [4.78, 5) is 0.207. The lowest BCUT2D eigenvalue weighted by Crippen LogP contribution is -2.37. The molecule has 128 valence electrons. The number of hydrogen-bond donors (Lipinski definition) is 0. The maximum absolute atomic E-state index is 12.1. The Bertz CT molecular complexity index is 640. The molecule has 1 saturated heterocycles. The Kier molecular flexibility index (Phi) is 4.53. The lowest BCUT2D eigenvalue weighted by molar-refractivity contribution is -0.194. The van der Waals surface area contributed by atoms with Gasteiger partial charge in [0.1, 0.15) is 0 Å². The SMILES string of the molecule is Cc1ccc(S(=O)(=O)OCCCC2(C3(C)OCCO3)CC2)cc1. The van der Waals surface area contributed by atoms with E-state index >= 15 is 0 Å². The summed E-state index contributed by atoms with van der Waals surface area (Å²) in [6.45, 7) is 5.37. The smallest absolute Gasteiger partial charge is 0.296 e. The molecule has 0 spiro atoms. The summed E-state index contributed by atoms with van der Waals surface area (Å²) >= 11 is 0. The van der Waals surface area contributed by atoms with Crippen LogP contribution in [0, 0.1) is 12.3 Å². The van der Waals surface area contributed by atoms with E-state index < -0.39 is 15.9 Å². The van der Waals surface area contributed by atoms with E-state index in [0.717, 1.165) is 24.8 Å². The van der Waals surface area contributed by atoms with Crippen molar-refractivity contribution >= 4 is 10.1 Å². The molecule has 0 atom stereocenters. The average molecular weight is 340 g/mol. The molecule has 0 amide bonds. The molecule has 5 nitrogen and oxygen atoms in total. The highest BCUT2D eigenvalue weighted by molar-refractivity contribution is 7.86. The van der Waals surface area contributed by atoms with Gasteiger partial charge in [-0.3, -0.25) is 4.18 Å². The molecule has 6 heteroatoms. The van der Waals surface area contributed by atoms with Gasteiger partial charge in [-0.25, -0.2) is 0 Å². The van der Waals surface area contributed by atoms with Crippen molar-refractivity contribution in [1.29, 1.82) is 0 Å². The van der Waals surface area contributed by atoms with E-state index in [4.69, 9.17) is 13.7 Å². The molecular formula is C17H24O5S. The fraction of sp³-hybridized carbons (Fsp3) is 0.647. The molecule has 2 aliphatic rings. The van der Waals surface area contributed by atoms with Gasteiger partial charge in [0.2, 0.25) is 0 Å². The molecule has 2 fully saturated rings. The van der Waals surface area contributed by atoms with Crippen LogP contribution in [-0.4, -0.2) is 34.0 Å². The molecule has 1 aromatic carbocycles. The third kappa shape index (κ3) is 3.45. The third-order valence-corrected chi connectivity index (χ3v) is 6.33. The lowest BCUT2D eigenvalue weighted by Gasteiger charge is -2.32. The average Bonchev–Trinajstić information content (AvgIpc) is 3.19. The summed E-state index contributed by atoms with van der Waals surface area (Å²) in [5, 5.41) is 0. The molecule has 23 heavy (non-hydrogen) atoms. The highest BCUT2D eigenvalue weighted by atomic mass is 32.2. The van der Waals surface area contributed by atoms with E-state index in [0.29, 0.717) is 19.6 Å². The van der Waals surface area contributed by atoms with Gasteiger partial charge < -0.3 is 9.47 Å². The number of benzene rings is 1. The van der Waals surface area contributed by atoms with Crippen molar-refractivity contribution in [2.75, 3.05) is 19.8 Å². The van der Waals surface area contributed by atoms with Crippen molar-refractivity contribution in [1.82, 2.24) is 0 Å². The van der Waals surface area contributed by atoms with Crippen LogP contribution >= 0.6 is 0 Å². The molecule has 1 aliphatic carbocycles. The zero-order valence-electron chi connectivity index (χ0n) is 13.7. The Morgan fingerprint density at radius 1 is 1.13 bits per heavy atom. The van der Waals surface area contributed by atoms with Crippen LogP contribution in [0.3, 0.4) is 0 Å². The van der Waals surface area contributed by atoms with E-state index in [9.17, 15) is 8.42 Å². The van der Waals surface area contributed by atoms with Crippen LogP contribution in [0.1, 0.15) is 38.2 Å². The second kappa shape index (κ2) is 6.16. The Balaban J connectivity index is 1.51. The molecule has 0 aromatic heterocycles. The second-order valence-electron chi connectivity index (χ2n) is 6.62. The summed E-state index contributed by atoms with van der Waals surface area (Å²) in [6.07, 6.45) is 3.66. The van der Waals surface area contributed by atoms with Crippen molar-refractivity contribution in [3.63, 3.8) is 0 Å². The first-order valence-corrected chi connectivity index (χ1v) is 9.52. The molecule has 1 aromatic rings. The molecule has 3 rings (SSSR count). The molecule has 1 aliphatic heterocycles. The third-order valence-electron chi connectivity index (χ3n) is 5.00. The van der Waals surface area contributed by atoms with Gasteiger partial charge in [0.25, 0.3) is 10.1 Å². The van der Waals surface area contributed by atoms with Crippen LogP contribution in [0.5, 0.6) is 0 Å². The van der Waals surface area contributed by atoms with Crippen LogP contribution in [0.25, 0.3) is 0 Å². The Morgan fingerprint density at radius 2 is 1.74 bits per heavy atom. The minimum atomic E-state index is -3.67. The maximum atomic E-state index is 12.1. The Hall–Kier alpha value is -0.950. The summed E-state index contributed by atoms with van der Waals surface area (Å²) in [6, 6.07) is 6.69. The van der Waals surface area contributed by atoms with Crippen LogP contribution in [0.4, 0.5) is 0 Å². The standard InChI is InChI=1S/C17H24O5S/c1-14-4-6-15(7-5-14)23(18,19)22-11-3-8-17(9-10-17)16(2)20-12-13-21-16/h4-7H,3,8-13H2,1-2H3. The Labute approximate surface area is 138 Å². The number of ether oxygens (including phenoxy) is 2. The minimum absolute atomic E-state index is 0.0283. The highest BCUT2D eigenvalue weighted by Crippen LogP contribution is 2.60. The van der Waals surface area contributed by atoms with Crippen molar-refractivity contribution < 1.29 is 22.1 Å². The molecule has 0 radical (unpaired) electrons. The van der Waals surface area contributed by atoms with Gasteiger partial charge in [-0.2, -0.15) is 8.42 Å². The predicted molar refractivity (Wildman–Crippen MR) is 85.5 cm³/mol. The van der Waals surface area contributed by atoms with E-state index in [1.54, 1.807) is 24.3 Å². The van der Waals surface area contributed by atoms with Crippen molar-refractivity contribution in [3.05, 3.63) is 29.8 Å². The number of rotatable bonds is 7. The number of hydrogen-bond acceptors (Lipinski definition) is 5. The first-order chi connectivity index (χ1) is 10.9. The zero-order valence-corrected chi connectivity index (χ0v) is 14.5. The molecule has 0 N–H and O–H groups in total. The van der Waals surface area contributed by atoms with Gasteiger partial charge in [-0.05, 0) is 51.7 Å². The predicted octanol–water partition coefficient (Wildman–Crippen LogP) is 3.02. The van der Waals surface area contributed by atoms with E-state index in [-0.39, 0.29) is 16.9 Å². The maximum Gasteiger partial charge on any atom is 0.296 e. The van der Waals surface area contributed by atoms with Crippen LogP contribution in [0.2, 0.25) is 0 Å². The summed E-state index contributed by atoms with van der Waals surface area (Å²) in [5.74, 6) is -0.511. The van der Waals surface area contributed by atoms with Gasteiger partial charge >= 0.3 is 0 Å². The van der Waals surface area contributed by atoms with Crippen LogP contribution in [0.15, 0.2) is 29.2 Å². The quantitative estimate of drug-likeness (QED) is 0.564. The molecule has 1 saturated carbocycles. The Morgan fingerprint density at radius 3 is 2.30 bits per heavy atom.